The molecule has 0 unspecified atom stereocenters. The molecule has 178 valence electrons. The quantitative estimate of drug-likeness (QED) is 0.393. The first-order valence-corrected chi connectivity index (χ1v) is 12.2. The Kier molecular flexibility index (Phi) is 5.82. The normalized spacial score (nSPS) is 13.8. The number of sulfonamides is 1. The maximum atomic E-state index is 12.6. The molecular weight excluding hydrogens is 470 g/mol. The summed E-state index contributed by atoms with van der Waals surface area (Å²) in [6.45, 7) is 2.76. The van der Waals surface area contributed by atoms with Gasteiger partial charge in [-0.3, -0.25) is 4.79 Å². The van der Waals surface area contributed by atoms with Crippen molar-refractivity contribution in [3.05, 3.63) is 73.1 Å². The smallest absolute Gasteiger partial charge is 0.264 e. The standard InChI is InChI=1S/C22H21N9O3S/c1-15-7-9-23-22(27-15)29-35(33,34)18-5-3-17(4-6-18)28-21(32)16-12-30(13-16)19-11-20(25-14-24-19)31-10-2-8-26-31/h2-11,14,16H,12-13H2,1H3,(H,28,32)(H,23,27,29). The van der Waals surface area contributed by atoms with Crippen molar-refractivity contribution in [3.8, 4) is 5.82 Å². The number of hydrogen-bond donors (Lipinski definition) is 2. The van der Waals surface area contributed by atoms with E-state index in [1.165, 1.54) is 24.7 Å². The fraction of sp³-hybridized carbons (Fsp3) is 0.182. The van der Waals surface area contributed by atoms with Gasteiger partial charge in [0.05, 0.1) is 10.8 Å². The summed E-state index contributed by atoms with van der Waals surface area (Å²) < 4.78 is 29.1. The van der Waals surface area contributed by atoms with Gasteiger partial charge in [0.1, 0.15) is 12.1 Å². The average Bonchev–Trinajstić information content (AvgIpc) is 3.34. The third kappa shape index (κ3) is 4.94. The molecule has 0 atom stereocenters. The number of nitrogens with one attached hydrogen (secondary N) is 2. The summed E-state index contributed by atoms with van der Waals surface area (Å²) in [4.78, 5) is 31.1. The Labute approximate surface area is 201 Å². The fourth-order valence-corrected chi connectivity index (χ4v) is 4.46. The molecule has 0 spiro atoms. The van der Waals surface area contributed by atoms with Crippen molar-refractivity contribution >= 4 is 33.4 Å². The minimum Gasteiger partial charge on any atom is -0.355 e. The van der Waals surface area contributed by atoms with Crippen molar-refractivity contribution in [1.82, 2.24) is 29.7 Å². The molecule has 1 aromatic carbocycles. The molecule has 35 heavy (non-hydrogen) atoms. The maximum Gasteiger partial charge on any atom is 0.264 e. The number of rotatable bonds is 7. The number of anilines is 3. The third-order valence-electron chi connectivity index (χ3n) is 5.41. The molecule has 4 heterocycles. The number of hydrogen-bond acceptors (Lipinski definition) is 9. The van der Waals surface area contributed by atoms with E-state index < -0.39 is 10.0 Å². The Balaban J connectivity index is 1.17. The Bertz CT molecular complexity index is 1450. The summed E-state index contributed by atoms with van der Waals surface area (Å²) in [5.41, 5.74) is 1.14. The van der Waals surface area contributed by atoms with Crippen LogP contribution in [0.25, 0.3) is 5.82 Å². The molecule has 0 saturated carbocycles. The van der Waals surface area contributed by atoms with E-state index in [1.807, 2.05) is 17.0 Å². The summed E-state index contributed by atoms with van der Waals surface area (Å²) in [5.74, 6) is 0.990. The summed E-state index contributed by atoms with van der Waals surface area (Å²) >= 11 is 0. The minimum atomic E-state index is -3.86. The summed E-state index contributed by atoms with van der Waals surface area (Å²) in [6.07, 6.45) is 6.41. The van der Waals surface area contributed by atoms with Gasteiger partial charge in [-0.05, 0) is 43.3 Å². The summed E-state index contributed by atoms with van der Waals surface area (Å²) in [7, 11) is -3.86. The number of aromatic nitrogens is 6. The molecule has 0 aliphatic carbocycles. The third-order valence-corrected chi connectivity index (χ3v) is 6.75. The van der Waals surface area contributed by atoms with Gasteiger partial charge in [-0.25, -0.2) is 37.8 Å². The topological polar surface area (TPSA) is 148 Å². The molecule has 1 amide bonds. The Morgan fingerprint density at radius 2 is 1.80 bits per heavy atom. The second-order valence-electron chi connectivity index (χ2n) is 7.93. The SMILES string of the molecule is Cc1ccnc(NS(=O)(=O)c2ccc(NC(=O)C3CN(c4cc(-n5cccn5)ncn4)C3)cc2)n1. The van der Waals surface area contributed by atoms with Crippen LogP contribution < -0.4 is 14.9 Å². The maximum absolute atomic E-state index is 12.6. The summed E-state index contributed by atoms with van der Waals surface area (Å²) in [6, 6.07) is 11.2. The van der Waals surface area contributed by atoms with Gasteiger partial charge in [-0.2, -0.15) is 5.10 Å². The van der Waals surface area contributed by atoms with Crippen LogP contribution in [0.4, 0.5) is 17.5 Å². The van der Waals surface area contributed by atoms with Crippen LogP contribution in [-0.4, -0.2) is 57.1 Å². The molecule has 3 aromatic heterocycles. The van der Waals surface area contributed by atoms with Crippen molar-refractivity contribution in [2.24, 2.45) is 5.92 Å². The lowest BCUT2D eigenvalue weighted by molar-refractivity contribution is -0.120. The lowest BCUT2D eigenvalue weighted by Gasteiger charge is -2.39. The van der Waals surface area contributed by atoms with E-state index in [2.05, 4.69) is 35.1 Å². The van der Waals surface area contributed by atoms with Crippen molar-refractivity contribution in [2.45, 2.75) is 11.8 Å². The van der Waals surface area contributed by atoms with Crippen LogP contribution in [0.3, 0.4) is 0 Å². The molecule has 4 aromatic rings. The van der Waals surface area contributed by atoms with Gasteiger partial charge in [0, 0.05) is 49.1 Å². The number of aryl methyl sites for hydroxylation is 1. The molecule has 2 N–H and O–H groups in total. The zero-order valence-electron chi connectivity index (χ0n) is 18.6. The van der Waals surface area contributed by atoms with Gasteiger partial charge in [-0.1, -0.05) is 0 Å². The van der Waals surface area contributed by atoms with E-state index in [1.54, 1.807) is 42.2 Å². The van der Waals surface area contributed by atoms with Crippen molar-refractivity contribution in [1.29, 1.82) is 0 Å². The highest BCUT2D eigenvalue weighted by Gasteiger charge is 2.33. The molecule has 5 rings (SSSR count). The second kappa shape index (κ2) is 9.10. The molecule has 1 aliphatic heterocycles. The zero-order valence-corrected chi connectivity index (χ0v) is 19.4. The number of benzene rings is 1. The minimum absolute atomic E-state index is 0.00246. The van der Waals surface area contributed by atoms with Crippen LogP contribution in [0.5, 0.6) is 0 Å². The number of carbonyl (C=O) groups excluding carboxylic acids is 1. The molecule has 1 fully saturated rings. The molecule has 0 radical (unpaired) electrons. The van der Waals surface area contributed by atoms with Crippen LogP contribution in [0.15, 0.2) is 72.3 Å². The van der Waals surface area contributed by atoms with Gasteiger partial charge in [0.2, 0.25) is 11.9 Å². The van der Waals surface area contributed by atoms with Crippen LogP contribution in [-0.2, 0) is 14.8 Å². The molecule has 1 saturated heterocycles. The van der Waals surface area contributed by atoms with Gasteiger partial charge < -0.3 is 10.2 Å². The van der Waals surface area contributed by atoms with Crippen molar-refractivity contribution in [3.63, 3.8) is 0 Å². The van der Waals surface area contributed by atoms with E-state index in [0.29, 0.717) is 36.1 Å². The first-order chi connectivity index (χ1) is 16.9. The van der Waals surface area contributed by atoms with E-state index in [-0.39, 0.29) is 22.7 Å². The average molecular weight is 492 g/mol. The van der Waals surface area contributed by atoms with E-state index in [0.717, 1.165) is 0 Å². The van der Waals surface area contributed by atoms with Crippen LogP contribution >= 0.6 is 0 Å². The Morgan fingerprint density at radius 3 is 2.51 bits per heavy atom. The Hall–Kier alpha value is -4.39. The second-order valence-corrected chi connectivity index (χ2v) is 9.61. The van der Waals surface area contributed by atoms with Gasteiger partial charge in [0.15, 0.2) is 5.82 Å². The number of nitrogens with zero attached hydrogens (tertiary/aromatic N) is 7. The predicted molar refractivity (Wildman–Crippen MR) is 128 cm³/mol. The van der Waals surface area contributed by atoms with E-state index >= 15 is 0 Å². The lowest BCUT2D eigenvalue weighted by Crippen LogP contribution is -2.52. The monoisotopic (exact) mass is 491 g/mol. The highest BCUT2D eigenvalue weighted by atomic mass is 32.2. The first kappa shape index (κ1) is 22.4. The fourth-order valence-electron chi connectivity index (χ4n) is 3.51. The Morgan fingerprint density at radius 1 is 1.03 bits per heavy atom. The van der Waals surface area contributed by atoms with E-state index in [4.69, 9.17) is 0 Å². The largest absolute Gasteiger partial charge is 0.355 e. The van der Waals surface area contributed by atoms with Crippen LogP contribution in [0.2, 0.25) is 0 Å². The number of carbonyl (C=O) groups is 1. The van der Waals surface area contributed by atoms with Crippen molar-refractivity contribution < 1.29 is 13.2 Å². The molecule has 12 nitrogen and oxygen atoms in total. The summed E-state index contributed by atoms with van der Waals surface area (Å²) in [5, 5.41) is 7.00. The van der Waals surface area contributed by atoms with Gasteiger partial charge in [-0.15, -0.1) is 0 Å². The van der Waals surface area contributed by atoms with Crippen LogP contribution in [0.1, 0.15) is 5.69 Å². The van der Waals surface area contributed by atoms with Crippen LogP contribution in [0, 0.1) is 12.8 Å². The number of amides is 1. The molecule has 1 aliphatic rings. The van der Waals surface area contributed by atoms with Gasteiger partial charge in [0.25, 0.3) is 10.0 Å². The molecule has 0 bridgehead atoms. The highest BCUT2D eigenvalue weighted by Crippen LogP contribution is 2.25. The predicted octanol–water partition coefficient (Wildman–Crippen LogP) is 1.64. The molecular formula is C22H21N9O3S. The lowest BCUT2D eigenvalue weighted by atomic mass is 9.99. The molecule has 13 heteroatoms. The van der Waals surface area contributed by atoms with Crippen molar-refractivity contribution in [2.75, 3.05) is 28.0 Å². The van der Waals surface area contributed by atoms with E-state index in [9.17, 15) is 13.2 Å². The first-order valence-electron chi connectivity index (χ1n) is 10.7. The highest BCUT2D eigenvalue weighted by molar-refractivity contribution is 7.92. The van der Waals surface area contributed by atoms with Gasteiger partial charge >= 0.3 is 0 Å². The zero-order chi connectivity index (χ0) is 24.4.